The van der Waals surface area contributed by atoms with E-state index in [0.717, 1.165) is 10.9 Å². The second-order valence-electron chi connectivity index (χ2n) is 5.83. The van der Waals surface area contributed by atoms with Gasteiger partial charge in [0.2, 0.25) is 11.7 Å². The number of nitrogens with zero attached hydrogens (tertiary/aromatic N) is 1. The molecule has 1 aromatic heterocycles. The average Bonchev–Trinajstić information content (AvgIpc) is 2.92. The van der Waals surface area contributed by atoms with Gasteiger partial charge in [0.15, 0.2) is 0 Å². The molecule has 0 saturated heterocycles. The van der Waals surface area contributed by atoms with Crippen molar-refractivity contribution in [2.45, 2.75) is 6.42 Å². The maximum Gasteiger partial charge on any atom is 0.226 e. The number of benzene rings is 2. The van der Waals surface area contributed by atoms with E-state index in [4.69, 9.17) is 11.6 Å². The molecule has 1 amide bonds. The van der Waals surface area contributed by atoms with Crippen molar-refractivity contribution in [1.29, 1.82) is 0 Å². The summed E-state index contributed by atoms with van der Waals surface area (Å²) in [4.78, 5) is 29.8. The summed E-state index contributed by atoms with van der Waals surface area (Å²) < 4.78 is 0. The molecule has 1 N–H and O–H groups in total. The van der Waals surface area contributed by atoms with E-state index < -0.39 is 0 Å². The van der Waals surface area contributed by atoms with Gasteiger partial charge in [0.05, 0.1) is 12.1 Å². The summed E-state index contributed by atoms with van der Waals surface area (Å²) in [7, 11) is 3.40. The van der Waals surface area contributed by atoms with Crippen LogP contribution in [0.5, 0.6) is 0 Å². The largest absolute Gasteiger partial charge is 0.352 e. The number of H-pyrrole nitrogens is 1. The molecule has 0 bridgehead atoms. The highest BCUT2D eigenvalue weighted by Crippen LogP contribution is 2.27. The Morgan fingerprint density at radius 3 is 2.46 bits per heavy atom. The molecular weight excluding hydrogens is 324 g/mol. The lowest BCUT2D eigenvalue weighted by atomic mass is 10.0. The first-order valence-electron chi connectivity index (χ1n) is 7.57. The van der Waals surface area contributed by atoms with E-state index in [-0.39, 0.29) is 18.1 Å². The molecule has 122 valence electrons. The maximum absolute atomic E-state index is 12.9. The van der Waals surface area contributed by atoms with Crippen LogP contribution in [0.1, 0.15) is 21.6 Å². The number of hydrogen-bond acceptors (Lipinski definition) is 2. The first-order valence-corrected chi connectivity index (χ1v) is 7.95. The third kappa shape index (κ3) is 3.05. The number of aromatic nitrogens is 1. The Morgan fingerprint density at radius 1 is 1.08 bits per heavy atom. The number of carbonyl (C=O) groups is 2. The lowest BCUT2D eigenvalue weighted by molar-refractivity contribution is -0.127. The molecule has 24 heavy (non-hydrogen) atoms. The Hall–Kier alpha value is -2.59. The molecule has 5 heteroatoms. The smallest absolute Gasteiger partial charge is 0.226 e. The van der Waals surface area contributed by atoms with Gasteiger partial charge in [-0.25, -0.2) is 0 Å². The monoisotopic (exact) mass is 340 g/mol. The number of fused-ring (bicyclic) bond motifs is 1. The average molecular weight is 341 g/mol. The fraction of sp³-hybridized carbons (Fsp3) is 0.158. The normalized spacial score (nSPS) is 10.8. The molecule has 0 saturated carbocycles. The minimum atomic E-state index is -0.135. The fourth-order valence-corrected chi connectivity index (χ4v) is 2.82. The number of aromatic amines is 1. The molecular formula is C19H17ClN2O2. The number of nitrogens with one attached hydrogen (secondary N) is 1. The Bertz CT molecular complexity index is 914. The number of halogens is 1. The van der Waals surface area contributed by atoms with Gasteiger partial charge >= 0.3 is 0 Å². The van der Waals surface area contributed by atoms with Crippen molar-refractivity contribution >= 4 is 34.2 Å². The lowest BCUT2D eigenvalue weighted by Crippen LogP contribution is -2.24. The van der Waals surface area contributed by atoms with Crippen LogP contribution in [0.15, 0.2) is 48.5 Å². The van der Waals surface area contributed by atoms with Crippen LogP contribution in [0.3, 0.4) is 0 Å². The Balaban J connectivity index is 2.15. The van der Waals surface area contributed by atoms with Crippen LogP contribution in [-0.4, -0.2) is 35.7 Å². The fourth-order valence-electron chi connectivity index (χ4n) is 2.65. The van der Waals surface area contributed by atoms with Crippen molar-refractivity contribution in [3.63, 3.8) is 0 Å². The zero-order valence-corrected chi connectivity index (χ0v) is 14.2. The molecule has 0 spiro atoms. The summed E-state index contributed by atoms with van der Waals surface area (Å²) in [5, 5.41) is 1.42. The van der Waals surface area contributed by atoms with Crippen LogP contribution in [0, 0.1) is 0 Å². The molecule has 0 aliphatic rings. The molecule has 3 rings (SSSR count). The first-order chi connectivity index (χ1) is 11.5. The third-order valence-electron chi connectivity index (χ3n) is 3.96. The third-order valence-corrected chi connectivity index (χ3v) is 4.19. The summed E-state index contributed by atoms with van der Waals surface area (Å²) >= 11 is 6.05. The van der Waals surface area contributed by atoms with Crippen molar-refractivity contribution in [3.8, 4) is 0 Å². The highest BCUT2D eigenvalue weighted by molar-refractivity contribution is 6.31. The number of amides is 1. The number of likely N-dealkylation sites (N-methyl/N-ethyl adjacent to an activating group) is 1. The molecule has 3 aromatic rings. The Kier molecular flexibility index (Phi) is 4.40. The highest BCUT2D eigenvalue weighted by atomic mass is 35.5. The summed E-state index contributed by atoms with van der Waals surface area (Å²) in [6.45, 7) is 0. The zero-order valence-electron chi connectivity index (χ0n) is 13.5. The topological polar surface area (TPSA) is 53.2 Å². The number of ketones is 1. The van der Waals surface area contributed by atoms with Gasteiger partial charge in [0, 0.05) is 35.6 Å². The van der Waals surface area contributed by atoms with E-state index >= 15 is 0 Å². The zero-order chi connectivity index (χ0) is 17.3. The summed E-state index contributed by atoms with van der Waals surface area (Å²) in [5.74, 6) is -0.197. The van der Waals surface area contributed by atoms with Gasteiger partial charge in [-0.2, -0.15) is 0 Å². The first kappa shape index (κ1) is 16.3. The molecule has 0 fully saturated rings. The van der Waals surface area contributed by atoms with Crippen LogP contribution in [0.4, 0.5) is 0 Å². The van der Waals surface area contributed by atoms with Crippen molar-refractivity contribution in [3.05, 3.63) is 70.4 Å². The second-order valence-corrected chi connectivity index (χ2v) is 6.26. The van der Waals surface area contributed by atoms with E-state index in [1.54, 1.807) is 38.4 Å². The van der Waals surface area contributed by atoms with Crippen LogP contribution in [0.25, 0.3) is 10.9 Å². The summed E-state index contributed by atoms with van der Waals surface area (Å²) in [6, 6.07) is 14.4. The van der Waals surface area contributed by atoms with Gasteiger partial charge in [0.1, 0.15) is 0 Å². The van der Waals surface area contributed by atoms with Gasteiger partial charge in [-0.1, -0.05) is 48.0 Å². The molecule has 0 aliphatic carbocycles. The molecule has 0 radical (unpaired) electrons. The van der Waals surface area contributed by atoms with Gasteiger partial charge < -0.3 is 9.88 Å². The molecule has 4 nitrogen and oxygen atoms in total. The number of rotatable bonds is 4. The van der Waals surface area contributed by atoms with Gasteiger partial charge in [-0.15, -0.1) is 0 Å². The van der Waals surface area contributed by atoms with Crippen LogP contribution in [-0.2, 0) is 11.2 Å². The molecule has 0 atom stereocenters. The maximum atomic E-state index is 12.9. The van der Waals surface area contributed by atoms with E-state index in [0.29, 0.717) is 21.8 Å². The SMILES string of the molecule is CN(C)C(=O)Cc1c(C(=O)c2ccccc2)[nH]c2cc(Cl)ccc12. The van der Waals surface area contributed by atoms with E-state index in [2.05, 4.69) is 4.98 Å². The standard InChI is InChI=1S/C19H17ClN2O2/c1-22(2)17(23)11-15-14-9-8-13(20)10-16(14)21-18(15)19(24)12-6-4-3-5-7-12/h3-10,21H,11H2,1-2H3. The summed E-state index contributed by atoms with van der Waals surface area (Å²) in [6.07, 6.45) is 0.155. The Labute approximate surface area is 145 Å². The highest BCUT2D eigenvalue weighted by Gasteiger charge is 2.21. The van der Waals surface area contributed by atoms with Crippen molar-refractivity contribution in [2.75, 3.05) is 14.1 Å². The van der Waals surface area contributed by atoms with E-state index in [9.17, 15) is 9.59 Å². The molecule has 2 aromatic carbocycles. The molecule has 0 aliphatic heterocycles. The van der Waals surface area contributed by atoms with Crippen molar-refractivity contribution in [1.82, 2.24) is 9.88 Å². The Morgan fingerprint density at radius 2 is 1.79 bits per heavy atom. The summed E-state index contributed by atoms with van der Waals surface area (Å²) in [5.41, 5.74) is 2.47. The quantitative estimate of drug-likeness (QED) is 0.736. The van der Waals surface area contributed by atoms with Gasteiger partial charge in [-0.05, 0) is 17.7 Å². The predicted molar refractivity (Wildman–Crippen MR) is 95.6 cm³/mol. The predicted octanol–water partition coefficient (Wildman–Crippen LogP) is 3.68. The van der Waals surface area contributed by atoms with Crippen molar-refractivity contribution in [2.24, 2.45) is 0 Å². The number of hydrogen-bond donors (Lipinski definition) is 1. The van der Waals surface area contributed by atoms with Gasteiger partial charge in [-0.3, -0.25) is 9.59 Å². The van der Waals surface area contributed by atoms with Crippen LogP contribution >= 0.6 is 11.6 Å². The number of carbonyl (C=O) groups excluding carboxylic acids is 2. The van der Waals surface area contributed by atoms with Crippen LogP contribution in [0.2, 0.25) is 5.02 Å². The van der Waals surface area contributed by atoms with Gasteiger partial charge in [0.25, 0.3) is 0 Å². The second kappa shape index (κ2) is 6.49. The minimum Gasteiger partial charge on any atom is -0.352 e. The molecule has 0 unspecified atom stereocenters. The minimum absolute atomic E-state index is 0.0621. The van der Waals surface area contributed by atoms with E-state index in [1.807, 2.05) is 24.3 Å². The van der Waals surface area contributed by atoms with E-state index in [1.165, 1.54) is 4.90 Å². The van der Waals surface area contributed by atoms with Crippen LogP contribution < -0.4 is 0 Å². The van der Waals surface area contributed by atoms with Crippen molar-refractivity contribution < 1.29 is 9.59 Å². The lowest BCUT2D eigenvalue weighted by Gasteiger charge is -2.11. The molecule has 1 heterocycles.